The molecule has 102 valence electrons. The lowest BCUT2D eigenvalue weighted by atomic mass is 10.2. The van der Waals surface area contributed by atoms with Gasteiger partial charge in [0.2, 0.25) is 0 Å². The summed E-state index contributed by atoms with van der Waals surface area (Å²) in [4.78, 5) is 0. The van der Waals surface area contributed by atoms with Crippen LogP contribution in [-0.2, 0) is 16.1 Å². The van der Waals surface area contributed by atoms with Gasteiger partial charge in [0.05, 0.1) is 13.2 Å². The van der Waals surface area contributed by atoms with Gasteiger partial charge >= 0.3 is 0 Å². The van der Waals surface area contributed by atoms with E-state index in [0.29, 0.717) is 13.2 Å². The Morgan fingerprint density at radius 1 is 1.06 bits per heavy atom. The Morgan fingerprint density at radius 3 is 2.33 bits per heavy atom. The molecule has 0 aliphatic heterocycles. The maximum atomic E-state index is 9.17. The molecule has 0 atom stereocenters. The van der Waals surface area contributed by atoms with Crippen molar-refractivity contribution in [2.24, 2.45) is 0 Å². The van der Waals surface area contributed by atoms with Crippen LogP contribution in [0.2, 0.25) is 0 Å². The zero-order valence-electron chi connectivity index (χ0n) is 11.1. The first kappa shape index (κ1) is 15.0. The zero-order valence-corrected chi connectivity index (χ0v) is 11.1. The van der Waals surface area contributed by atoms with E-state index in [0.717, 1.165) is 18.4 Å². The standard InChI is InChI=1S/C14H22O4/c1-14(2,17-10-4-3-9-15)18-11-12-5-7-13(16)8-6-12/h5-8,15-16H,3-4,9-11H2,1-2H3. The van der Waals surface area contributed by atoms with Gasteiger partial charge in [-0.15, -0.1) is 0 Å². The molecule has 0 amide bonds. The van der Waals surface area contributed by atoms with Crippen LogP contribution in [0, 0.1) is 0 Å². The predicted molar refractivity (Wildman–Crippen MR) is 69.2 cm³/mol. The number of benzene rings is 1. The van der Waals surface area contributed by atoms with Crippen molar-refractivity contribution in [2.45, 2.75) is 39.1 Å². The second-order valence-electron chi connectivity index (χ2n) is 4.63. The lowest BCUT2D eigenvalue weighted by Crippen LogP contribution is -2.28. The van der Waals surface area contributed by atoms with Gasteiger partial charge in [0.25, 0.3) is 0 Å². The Morgan fingerprint density at radius 2 is 1.72 bits per heavy atom. The highest BCUT2D eigenvalue weighted by Gasteiger charge is 2.18. The Balaban J connectivity index is 2.29. The molecule has 2 N–H and O–H groups in total. The van der Waals surface area contributed by atoms with Crippen molar-refractivity contribution in [3.63, 3.8) is 0 Å². The van der Waals surface area contributed by atoms with Crippen LogP contribution in [0.1, 0.15) is 32.3 Å². The van der Waals surface area contributed by atoms with E-state index in [4.69, 9.17) is 19.7 Å². The van der Waals surface area contributed by atoms with Crippen LogP contribution >= 0.6 is 0 Å². The third-order valence-electron chi connectivity index (χ3n) is 2.52. The summed E-state index contributed by atoms with van der Waals surface area (Å²) >= 11 is 0. The minimum atomic E-state index is -0.645. The molecule has 0 unspecified atom stereocenters. The van der Waals surface area contributed by atoms with Crippen LogP contribution in [-0.4, -0.2) is 29.2 Å². The van der Waals surface area contributed by atoms with Gasteiger partial charge in [0.1, 0.15) is 5.75 Å². The molecule has 0 radical (unpaired) electrons. The van der Waals surface area contributed by atoms with Crippen molar-refractivity contribution in [3.8, 4) is 5.75 Å². The molecule has 0 bridgehead atoms. The first-order valence-corrected chi connectivity index (χ1v) is 6.20. The largest absolute Gasteiger partial charge is 0.508 e. The highest BCUT2D eigenvalue weighted by Crippen LogP contribution is 2.17. The van der Waals surface area contributed by atoms with E-state index in [2.05, 4.69) is 0 Å². The molecule has 1 aromatic carbocycles. The van der Waals surface area contributed by atoms with Crippen LogP contribution in [0.3, 0.4) is 0 Å². The smallest absolute Gasteiger partial charge is 0.163 e. The SMILES string of the molecule is CC(C)(OCCCCO)OCc1ccc(O)cc1. The number of hydrogen-bond acceptors (Lipinski definition) is 4. The van der Waals surface area contributed by atoms with Gasteiger partial charge in [-0.3, -0.25) is 0 Å². The van der Waals surface area contributed by atoms with Crippen molar-refractivity contribution in [1.29, 1.82) is 0 Å². The maximum Gasteiger partial charge on any atom is 0.163 e. The van der Waals surface area contributed by atoms with E-state index >= 15 is 0 Å². The van der Waals surface area contributed by atoms with Crippen molar-refractivity contribution >= 4 is 0 Å². The van der Waals surface area contributed by atoms with Crippen molar-refractivity contribution < 1.29 is 19.7 Å². The lowest BCUT2D eigenvalue weighted by Gasteiger charge is -2.25. The maximum absolute atomic E-state index is 9.17. The monoisotopic (exact) mass is 254 g/mol. The van der Waals surface area contributed by atoms with Gasteiger partial charge in [-0.25, -0.2) is 0 Å². The van der Waals surface area contributed by atoms with E-state index in [9.17, 15) is 0 Å². The number of phenols is 1. The molecule has 0 aromatic heterocycles. The summed E-state index contributed by atoms with van der Waals surface area (Å²) in [6.07, 6.45) is 1.57. The van der Waals surface area contributed by atoms with Crippen LogP contribution in [0.15, 0.2) is 24.3 Å². The molecule has 18 heavy (non-hydrogen) atoms. The molecule has 1 aromatic rings. The van der Waals surface area contributed by atoms with Crippen molar-refractivity contribution in [3.05, 3.63) is 29.8 Å². The van der Waals surface area contributed by atoms with Gasteiger partial charge in [0.15, 0.2) is 5.79 Å². The normalized spacial score (nSPS) is 11.7. The molecular formula is C14H22O4. The molecule has 0 aliphatic carbocycles. The summed E-state index contributed by atoms with van der Waals surface area (Å²) in [6.45, 7) is 4.94. The van der Waals surface area contributed by atoms with Gasteiger partial charge < -0.3 is 19.7 Å². The van der Waals surface area contributed by atoms with Crippen molar-refractivity contribution in [2.75, 3.05) is 13.2 Å². The molecule has 0 saturated heterocycles. The van der Waals surface area contributed by atoms with E-state index in [1.54, 1.807) is 12.1 Å². The van der Waals surface area contributed by atoms with Crippen LogP contribution in [0.25, 0.3) is 0 Å². The minimum absolute atomic E-state index is 0.193. The highest BCUT2D eigenvalue weighted by molar-refractivity contribution is 5.25. The summed E-state index contributed by atoms with van der Waals surface area (Å²) < 4.78 is 11.3. The number of hydrogen-bond donors (Lipinski definition) is 2. The molecule has 4 nitrogen and oxygen atoms in total. The number of aliphatic hydroxyl groups is 1. The van der Waals surface area contributed by atoms with Gasteiger partial charge in [-0.2, -0.15) is 0 Å². The third kappa shape index (κ3) is 6.00. The van der Waals surface area contributed by atoms with Crippen molar-refractivity contribution in [1.82, 2.24) is 0 Å². The molecule has 0 fully saturated rings. The van der Waals surface area contributed by atoms with Gasteiger partial charge in [-0.05, 0) is 44.4 Å². The molecule has 4 heteroatoms. The van der Waals surface area contributed by atoms with Gasteiger partial charge in [0, 0.05) is 6.61 Å². The summed E-state index contributed by atoms with van der Waals surface area (Å²) in [7, 11) is 0. The van der Waals surface area contributed by atoms with E-state index < -0.39 is 5.79 Å². The number of unbranched alkanes of at least 4 members (excludes halogenated alkanes) is 1. The first-order valence-electron chi connectivity index (χ1n) is 6.20. The second kappa shape index (κ2) is 7.36. The first-order chi connectivity index (χ1) is 8.53. The topological polar surface area (TPSA) is 58.9 Å². The molecule has 0 aliphatic rings. The minimum Gasteiger partial charge on any atom is -0.508 e. The summed E-state index contributed by atoms with van der Waals surface area (Å²) in [5.74, 6) is -0.397. The number of phenolic OH excluding ortho intramolecular Hbond substituents is 1. The number of aliphatic hydroxyl groups excluding tert-OH is 1. The number of aromatic hydroxyl groups is 1. The molecule has 0 saturated carbocycles. The van der Waals surface area contributed by atoms with Crippen LogP contribution in [0.5, 0.6) is 5.75 Å². The molecule has 0 heterocycles. The summed E-state index contributed by atoms with van der Waals surface area (Å²) in [6, 6.07) is 6.90. The summed E-state index contributed by atoms with van der Waals surface area (Å²) in [5, 5.41) is 17.8. The molecule has 0 spiro atoms. The average Bonchev–Trinajstić information content (AvgIpc) is 2.34. The predicted octanol–water partition coefficient (Wildman–Crippen LogP) is 2.43. The van der Waals surface area contributed by atoms with E-state index in [-0.39, 0.29) is 12.4 Å². The third-order valence-corrected chi connectivity index (χ3v) is 2.52. The Hall–Kier alpha value is -1.10. The fraction of sp³-hybridized carbons (Fsp3) is 0.571. The summed E-state index contributed by atoms with van der Waals surface area (Å²) in [5.41, 5.74) is 0.986. The van der Waals surface area contributed by atoms with Crippen LogP contribution < -0.4 is 0 Å². The Kier molecular flexibility index (Phi) is 6.12. The number of ether oxygens (including phenoxy) is 2. The zero-order chi connectivity index (χ0) is 13.4. The molecular weight excluding hydrogens is 232 g/mol. The fourth-order valence-electron chi connectivity index (χ4n) is 1.42. The quantitative estimate of drug-likeness (QED) is 0.552. The Labute approximate surface area is 108 Å². The van der Waals surface area contributed by atoms with E-state index in [1.165, 1.54) is 0 Å². The lowest BCUT2D eigenvalue weighted by molar-refractivity contribution is -0.220. The average molecular weight is 254 g/mol. The Bertz CT molecular complexity index is 332. The van der Waals surface area contributed by atoms with Crippen LogP contribution in [0.4, 0.5) is 0 Å². The fourth-order valence-corrected chi connectivity index (χ4v) is 1.42. The highest BCUT2D eigenvalue weighted by atomic mass is 16.7. The van der Waals surface area contributed by atoms with E-state index in [1.807, 2.05) is 26.0 Å². The van der Waals surface area contributed by atoms with Gasteiger partial charge in [-0.1, -0.05) is 12.1 Å². The molecule has 1 rings (SSSR count). The second-order valence-corrected chi connectivity index (χ2v) is 4.63. The number of rotatable bonds is 8.